The van der Waals surface area contributed by atoms with Crippen molar-refractivity contribution in [1.29, 1.82) is 0 Å². The maximum Gasteiger partial charge on any atom is 0.295 e. The summed E-state index contributed by atoms with van der Waals surface area (Å²) in [5.41, 5.74) is 3.65. The highest BCUT2D eigenvalue weighted by Gasteiger charge is 2.16. The molecule has 2 aromatic rings. The standard InChI is InChI=1S/C10H5F3N2O2/c11-4-1-5(12)9(6(13)2-4)7-3-8(16)15-10(14)17-7/h1-3H,(H2,14,15,16). The minimum Gasteiger partial charge on any atom is -0.425 e. The molecule has 0 atom stereocenters. The minimum absolute atomic E-state index is 0.447. The van der Waals surface area contributed by atoms with Crippen molar-refractivity contribution in [3.05, 3.63) is 46.0 Å². The van der Waals surface area contributed by atoms with Crippen LogP contribution in [0.4, 0.5) is 19.2 Å². The molecule has 0 saturated carbocycles. The van der Waals surface area contributed by atoms with E-state index in [4.69, 9.17) is 10.2 Å². The van der Waals surface area contributed by atoms with E-state index in [1.54, 1.807) is 0 Å². The Morgan fingerprint density at radius 3 is 2.24 bits per heavy atom. The van der Waals surface area contributed by atoms with Gasteiger partial charge in [-0.3, -0.25) is 4.79 Å². The predicted molar refractivity (Wildman–Crippen MR) is 52.5 cm³/mol. The number of nitrogens with two attached hydrogens (primary N) is 1. The second-order valence-electron chi connectivity index (χ2n) is 3.14. The van der Waals surface area contributed by atoms with Gasteiger partial charge < -0.3 is 10.2 Å². The van der Waals surface area contributed by atoms with Gasteiger partial charge in [0.25, 0.3) is 11.6 Å². The number of hydrogen-bond donors (Lipinski definition) is 1. The number of nitrogens with zero attached hydrogens (tertiary/aromatic N) is 1. The van der Waals surface area contributed by atoms with Crippen LogP contribution < -0.4 is 11.3 Å². The van der Waals surface area contributed by atoms with E-state index < -0.39 is 40.3 Å². The maximum atomic E-state index is 13.4. The molecule has 2 N–H and O–H groups in total. The van der Waals surface area contributed by atoms with Crippen molar-refractivity contribution in [1.82, 2.24) is 4.98 Å². The van der Waals surface area contributed by atoms with E-state index in [0.717, 1.165) is 6.07 Å². The van der Waals surface area contributed by atoms with Gasteiger partial charge in [-0.15, -0.1) is 0 Å². The normalized spacial score (nSPS) is 10.5. The van der Waals surface area contributed by atoms with Gasteiger partial charge in [-0.05, 0) is 0 Å². The van der Waals surface area contributed by atoms with Crippen molar-refractivity contribution >= 4 is 6.01 Å². The van der Waals surface area contributed by atoms with E-state index in [9.17, 15) is 18.0 Å². The fourth-order valence-electron chi connectivity index (χ4n) is 1.32. The van der Waals surface area contributed by atoms with Crippen molar-refractivity contribution in [2.75, 3.05) is 5.73 Å². The zero-order valence-electron chi connectivity index (χ0n) is 8.21. The van der Waals surface area contributed by atoms with Crippen LogP contribution in [0.25, 0.3) is 11.3 Å². The molecule has 0 bridgehead atoms. The first-order chi connectivity index (χ1) is 7.97. The van der Waals surface area contributed by atoms with E-state index in [0.29, 0.717) is 12.1 Å². The summed E-state index contributed by atoms with van der Waals surface area (Å²) in [5, 5.41) is 0. The maximum absolute atomic E-state index is 13.4. The second-order valence-corrected chi connectivity index (χ2v) is 3.14. The predicted octanol–water partition coefficient (Wildman–Crippen LogP) is 1.70. The molecule has 0 spiro atoms. The molecule has 7 heteroatoms. The number of anilines is 1. The molecule has 2 rings (SSSR count). The topological polar surface area (TPSA) is 69.1 Å². The van der Waals surface area contributed by atoms with E-state index in [1.165, 1.54) is 0 Å². The number of halogens is 3. The molecule has 0 amide bonds. The summed E-state index contributed by atoms with van der Waals surface area (Å²) < 4.78 is 44.1. The summed E-state index contributed by atoms with van der Waals surface area (Å²) in [5.74, 6) is -3.92. The van der Waals surface area contributed by atoms with E-state index in [2.05, 4.69) is 4.98 Å². The van der Waals surface area contributed by atoms with Crippen LogP contribution in [0.1, 0.15) is 0 Å². The van der Waals surface area contributed by atoms with Gasteiger partial charge in [0, 0.05) is 18.2 Å². The highest BCUT2D eigenvalue weighted by atomic mass is 19.1. The molecule has 88 valence electrons. The van der Waals surface area contributed by atoms with Gasteiger partial charge in [0.2, 0.25) is 0 Å². The van der Waals surface area contributed by atoms with Crippen molar-refractivity contribution in [3.8, 4) is 11.3 Å². The molecule has 1 aromatic carbocycles. The van der Waals surface area contributed by atoms with E-state index >= 15 is 0 Å². The van der Waals surface area contributed by atoms with Gasteiger partial charge in [-0.25, -0.2) is 13.2 Å². The van der Waals surface area contributed by atoms with Crippen molar-refractivity contribution in [3.63, 3.8) is 0 Å². The van der Waals surface area contributed by atoms with Crippen molar-refractivity contribution < 1.29 is 17.6 Å². The Morgan fingerprint density at radius 1 is 1.12 bits per heavy atom. The highest BCUT2D eigenvalue weighted by Crippen LogP contribution is 2.26. The van der Waals surface area contributed by atoms with Crippen LogP contribution in [0.5, 0.6) is 0 Å². The van der Waals surface area contributed by atoms with Crippen molar-refractivity contribution in [2.24, 2.45) is 0 Å². The zero-order valence-corrected chi connectivity index (χ0v) is 8.21. The third kappa shape index (κ3) is 2.12. The quantitative estimate of drug-likeness (QED) is 0.826. The largest absolute Gasteiger partial charge is 0.425 e. The molecule has 0 radical (unpaired) electrons. The molecule has 0 fully saturated rings. The molecule has 1 aromatic heterocycles. The second kappa shape index (κ2) is 3.93. The monoisotopic (exact) mass is 242 g/mol. The number of benzene rings is 1. The highest BCUT2D eigenvalue weighted by molar-refractivity contribution is 5.59. The molecule has 0 aliphatic heterocycles. The van der Waals surface area contributed by atoms with Gasteiger partial charge in [-0.2, -0.15) is 4.98 Å². The van der Waals surface area contributed by atoms with Gasteiger partial charge in [-0.1, -0.05) is 0 Å². The van der Waals surface area contributed by atoms with Crippen LogP contribution in [0.15, 0.2) is 27.4 Å². The lowest BCUT2D eigenvalue weighted by atomic mass is 10.1. The van der Waals surface area contributed by atoms with Crippen LogP contribution in [0, 0.1) is 17.5 Å². The SMILES string of the molecule is Nc1nc(=O)cc(-c2c(F)cc(F)cc2F)o1. The Kier molecular flexibility index (Phi) is 2.58. The summed E-state index contributed by atoms with van der Waals surface area (Å²) in [6.45, 7) is 0. The molecule has 0 unspecified atom stereocenters. The fourth-order valence-corrected chi connectivity index (χ4v) is 1.32. The van der Waals surface area contributed by atoms with Gasteiger partial charge in [0.05, 0.1) is 5.56 Å². The Morgan fingerprint density at radius 2 is 1.71 bits per heavy atom. The smallest absolute Gasteiger partial charge is 0.295 e. The molecule has 17 heavy (non-hydrogen) atoms. The Bertz CT molecular complexity index is 617. The van der Waals surface area contributed by atoms with Gasteiger partial charge >= 0.3 is 0 Å². The first-order valence-electron chi connectivity index (χ1n) is 4.40. The van der Waals surface area contributed by atoms with E-state index in [-0.39, 0.29) is 0 Å². The molecule has 1 heterocycles. The number of hydrogen-bond acceptors (Lipinski definition) is 4. The summed E-state index contributed by atoms with van der Waals surface area (Å²) in [4.78, 5) is 14.2. The lowest BCUT2D eigenvalue weighted by Crippen LogP contribution is -2.08. The summed E-state index contributed by atoms with van der Waals surface area (Å²) >= 11 is 0. The lowest BCUT2D eigenvalue weighted by Gasteiger charge is -2.04. The van der Waals surface area contributed by atoms with Gasteiger partial charge in [0.15, 0.2) is 0 Å². The van der Waals surface area contributed by atoms with Crippen LogP contribution in [0.2, 0.25) is 0 Å². The van der Waals surface area contributed by atoms with E-state index in [1.807, 2.05) is 0 Å². The average Bonchev–Trinajstić information content (AvgIpc) is 2.13. The number of aromatic nitrogens is 1. The Labute approximate surface area is 92.5 Å². The Balaban J connectivity index is 2.72. The molecular weight excluding hydrogens is 237 g/mol. The fraction of sp³-hybridized carbons (Fsp3) is 0. The van der Waals surface area contributed by atoms with Crippen LogP contribution in [0.3, 0.4) is 0 Å². The first-order valence-corrected chi connectivity index (χ1v) is 4.40. The lowest BCUT2D eigenvalue weighted by molar-refractivity contribution is 0.522. The average molecular weight is 242 g/mol. The summed E-state index contributed by atoms with van der Waals surface area (Å²) in [7, 11) is 0. The molecule has 0 saturated heterocycles. The summed E-state index contributed by atoms with van der Waals surface area (Å²) in [6.07, 6.45) is 0. The number of nitrogen functional groups attached to an aromatic ring is 1. The third-order valence-electron chi connectivity index (χ3n) is 1.94. The summed E-state index contributed by atoms with van der Waals surface area (Å²) in [6, 6.07) is 1.16. The Hall–Kier alpha value is -2.31. The molecule has 0 aliphatic rings. The number of rotatable bonds is 1. The molecular formula is C10H5F3N2O2. The third-order valence-corrected chi connectivity index (χ3v) is 1.94. The van der Waals surface area contributed by atoms with Crippen LogP contribution >= 0.6 is 0 Å². The minimum atomic E-state index is -1.20. The molecule has 0 aliphatic carbocycles. The van der Waals surface area contributed by atoms with Crippen molar-refractivity contribution in [2.45, 2.75) is 0 Å². The van der Waals surface area contributed by atoms with Crippen LogP contribution in [-0.2, 0) is 0 Å². The molecule has 4 nitrogen and oxygen atoms in total. The van der Waals surface area contributed by atoms with Gasteiger partial charge in [0.1, 0.15) is 23.2 Å². The first kappa shape index (κ1) is 11.2. The zero-order chi connectivity index (χ0) is 12.6. The van der Waals surface area contributed by atoms with Crippen LogP contribution in [-0.4, -0.2) is 4.98 Å².